The smallest absolute Gasteiger partial charge is 0.0207 e. The zero-order chi connectivity index (χ0) is 28.3. The average molecular weight is 565 g/mol. The maximum Gasteiger partial charge on any atom is 0.0207 e. The van der Waals surface area contributed by atoms with E-state index in [1.807, 2.05) is 11.8 Å². The second kappa shape index (κ2) is 9.87. The third kappa shape index (κ3) is 3.92. The van der Waals surface area contributed by atoms with Gasteiger partial charge in [0, 0.05) is 15.2 Å². The molecule has 1 aliphatic heterocycles. The molecule has 2 aliphatic rings. The number of allylic oxidation sites excluding steroid dienone is 3. The summed E-state index contributed by atoms with van der Waals surface area (Å²) in [5.41, 5.74) is 10.4. The predicted octanol–water partition coefficient (Wildman–Crippen LogP) is 12.3. The topological polar surface area (TPSA) is 0 Å². The number of fused-ring (bicyclic) bond motifs is 4. The highest BCUT2D eigenvalue weighted by Gasteiger charge is 2.25. The minimum absolute atomic E-state index is 1.11. The zero-order valence-corrected chi connectivity index (χ0v) is 24.5. The third-order valence-corrected chi connectivity index (χ3v) is 10.2. The molecule has 0 saturated heterocycles. The van der Waals surface area contributed by atoms with E-state index in [2.05, 4.69) is 146 Å². The first-order valence-corrected chi connectivity index (χ1v) is 15.9. The number of benzene rings is 7. The van der Waals surface area contributed by atoms with Crippen LogP contribution in [0.5, 0.6) is 0 Å². The fourth-order valence-corrected chi connectivity index (χ4v) is 8.37. The predicted molar refractivity (Wildman–Crippen MR) is 186 cm³/mol. The number of thioether (sulfide) groups is 1. The molecule has 0 unspecified atom stereocenters. The lowest BCUT2D eigenvalue weighted by atomic mass is 9.84. The van der Waals surface area contributed by atoms with Crippen molar-refractivity contribution in [2.75, 3.05) is 0 Å². The normalized spacial score (nSPS) is 14.0. The van der Waals surface area contributed by atoms with Gasteiger partial charge in [-0.25, -0.2) is 0 Å². The summed E-state index contributed by atoms with van der Waals surface area (Å²) in [7, 11) is 0. The summed E-state index contributed by atoms with van der Waals surface area (Å²) in [5.74, 6) is 0. The van der Waals surface area contributed by atoms with Crippen LogP contribution in [0.25, 0.3) is 71.3 Å². The van der Waals surface area contributed by atoms with Gasteiger partial charge in [-0.2, -0.15) is 0 Å². The average Bonchev–Trinajstić information content (AvgIpc) is 3.07. The summed E-state index contributed by atoms with van der Waals surface area (Å²) in [4.78, 5) is 2.78. The molecule has 0 atom stereocenters. The van der Waals surface area contributed by atoms with Gasteiger partial charge in [0.15, 0.2) is 0 Å². The lowest BCUT2D eigenvalue weighted by molar-refractivity contribution is 1.04. The van der Waals surface area contributed by atoms with Crippen molar-refractivity contribution in [1.29, 1.82) is 0 Å². The van der Waals surface area contributed by atoms with E-state index < -0.39 is 0 Å². The van der Waals surface area contributed by atoms with Crippen LogP contribution < -0.4 is 0 Å². The summed E-state index contributed by atoms with van der Waals surface area (Å²) in [6.45, 7) is 0. The molecular weight excluding hydrogens is 537 g/mol. The van der Waals surface area contributed by atoms with Crippen LogP contribution in [0, 0.1) is 0 Å². The van der Waals surface area contributed by atoms with E-state index in [0.29, 0.717) is 0 Å². The summed E-state index contributed by atoms with van der Waals surface area (Å²) >= 11 is 1.93. The SMILES string of the molecule is C1=C2Sc3cccc4cc(-c5c6ccccc6c(-c6ccc(-c7ccccc7)cc6)c6ccccc56)cc(c34)C2=CCC1. The van der Waals surface area contributed by atoms with Crippen molar-refractivity contribution in [1.82, 2.24) is 0 Å². The fraction of sp³-hybridized carbons (Fsp3) is 0.0476. The molecule has 0 aromatic heterocycles. The number of hydrogen-bond donors (Lipinski definition) is 0. The van der Waals surface area contributed by atoms with Crippen molar-refractivity contribution in [3.05, 3.63) is 156 Å². The van der Waals surface area contributed by atoms with Gasteiger partial charge in [0.1, 0.15) is 0 Å². The van der Waals surface area contributed by atoms with Crippen LogP contribution in [0.1, 0.15) is 18.4 Å². The highest BCUT2D eigenvalue weighted by atomic mass is 32.2. The summed E-state index contributed by atoms with van der Waals surface area (Å²) in [6, 6.07) is 49.4. The van der Waals surface area contributed by atoms with Crippen molar-refractivity contribution < 1.29 is 0 Å². The first-order valence-electron chi connectivity index (χ1n) is 15.1. The van der Waals surface area contributed by atoms with Crippen molar-refractivity contribution in [2.24, 2.45) is 0 Å². The largest absolute Gasteiger partial charge is 0.0891 e. The minimum Gasteiger partial charge on any atom is -0.0891 e. The van der Waals surface area contributed by atoms with E-state index >= 15 is 0 Å². The molecule has 43 heavy (non-hydrogen) atoms. The van der Waals surface area contributed by atoms with E-state index in [-0.39, 0.29) is 0 Å². The first kappa shape index (κ1) is 24.7. The Balaban J connectivity index is 1.32. The molecule has 0 nitrogen and oxygen atoms in total. The van der Waals surface area contributed by atoms with Crippen LogP contribution in [0.3, 0.4) is 0 Å². The van der Waals surface area contributed by atoms with E-state index in [9.17, 15) is 0 Å². The Morgan fingerprint density at radius 1 is 0.442 bits per heavy atom. The van der Waals surface area contributed by atoms with Gasteiger partial charge in [-0.1, -0.05) is 139 Å². The van der Waals surface area contributed by atoms with Crippen molar-refractivity contribution in [3.8, 4) is 33.4 Å². The van der Waals surface area contributed by atoms with Gasteiger partial charge in [0.05, 0.1) is 0 Å². The zero-order valence-electron chi connectivity index (χ0n) is 23.7. The molecule has 1 heteroatoms. The highest BCUT2D eigenvalue weighted by Crippen LogP contribution is 2.52. The second-order valence-electron chi connectivity index (χ2n) is 11.5. The molecule has 9 rings (SSSR count). The number of rotatable bonds is 3. The molecule has 0 N–H and O–H groups in total. The molecule has 1 aliphatic carbocycles. The Labute approximate surface area is 256 Å². The van der Waals surface area contributed by atoms with Crippen LogP contribution in [0.4, 0.5) is 0 Å². The lowest BCUT2D eigenvalue weighted by Crippen LogP contribution is -2.01. The fourth-order valence-electron chi connectivity index (χ4n) is 7.16. The summed E-state index contributed by atoms with van der Waals surface area (Å²) in [6.07, 6.45) is 7.11. The highest BCUT2D eigenvalue weighted by molar-refractivity contribution is 8.04. The Morgan fingerprint density at radius 3 is 1.72 bits per heavy atom. The Kier molecular flexibility index (Phi) is 5.67. The van der Waals surface area contributed by atoms with Crippen LogP contribution in [0.15, 0.2) is 155 Å². The van der Waals surface area contributed by atoms with Gasteiger partial charge in [0.25, 0.3) is 0 Å². The molecule has 0 bridgehead atoms. The van der Waals surface area contributed by atoms with Gasteiger partial charge >= 0.3 is 0 Å². The summed E-state index contributed by atoms with van der Waals surface area (Å²) in [5, 5.41) is 7.88. The van der Waals surface area contributed by atoms with Gasteiger partial charge < -0.3 is 0 Å². The standard InChI is InChI=1S/C42H28S/c1-2-11-27(12-3-1)28-21-23-29(24-22-28)40-33-15-4-6-17-35(33)41(36-18-7-5-16-34(36)40)31-25-30-13-10-20-39-42(30)37(26-31)32-14-8-9-19-38(32)43-39/h1-7,10-26H,8-9H2. The first-order chi connectivity index (χ1) is 21.3. The van der Waals surface area contributed by atoms with E-state index in [1.165, 1.54) is 86.6 Å². The quantitative estimate of drug-likeness (QED) is 0.192. The molecule has 7 aromatic rings. The molecule has 0 saturated carbocycles. The maximum absolute atomic E-state index is 2.47. The lowest BCUT2D eigenvalue weighted by Gasteiger charge is -2.26. The Hall–Kier alpha value is -4.85. The van der Waals surface area contributed by atoms with Crippen molar-refractivity contribution in [3.63, 3.8) is 0 Å². The van der Waals surface area contributed by atoms with Crippen LogP contribution in [-0.2, 0) is 0 Å². The van der Waals surface area contributed by atoms with E-state index in [1.54, 1.807) is 0 Å². The maximum atomic E-state index is 2.47. The van der Waals surface area contributed by atoms with Gasteiger partial charge in [-0.15, -0.1) is 0 Å². The van der Waals surface area contributed by atoms with Gasteiger partial charge in [-0.05, 0) is 102 Å². The van der Waals surface area contributed by atoms with Gasteiger partial charge in [-0.3, -0.25) is 0 Å². The monoisotopic (exact) mass is 564 g/mol. The molecule has 0 fully saturated rings. The van der Waals surface area contributed by atoms with E-state index in [0.717, 1.165) is 12.8 Å². The molecule has 202 valence electrons. The van der Waals surface area contributed by atoms with E-state index in [4.69, 9.17) is 0 Å². The van der Waals surface area contributed by atoms with Crippen LogP contribution in [-0.4, -0.2) is 0 Å². The van der Waals surface area contributed by atoms with Crippen molar-refractivity contribution in [2.45, 2.75) is 17.7 Å². The summed E-state index contributed by atoms with van der Waals surface area (Å²) < 4.78 is 0. The minimum atomic E-state index is 1.11. The van der Waals surface area contributed by atoms with Crippen LogP contribution >= 0.6 is 11.8 Å². The van der Waals surface area contributed by atoms with Gasteiger partial charge in [0.2, 0.25) is 0 Å². The molecule has 7 aromatic carbocycles. The third-order valence-electron chi connectivity index (χ3n) is 9.06. The second-order valence-corrected chi connectivity index (χ2v) is 12.6. The molecular formula is C42H28S. The Morgan fingerprint density at radius 2 is 1.02 bits per heavy atom. The molecule has 0 radical (unpaired) electrons. The molecule has 0 spiro atoms. The Bertz CT molecular complexity index is 2230. The molecule has 0 amide bonds. The number of hydrogen-bond acceptors (Lipinski definition) is 1. The van der Waals surface area contributed by atoms with Crippen LogP contribution in [0.2, 0.25) is 0 Å². The molecule has 1 heterocycles. The van der Waals surface area contributed by atoms with Crippen molar-refractivity contribution >= 4 is 49.7 Å².